The average Bonchev–Trinajstić information content (AvgIpc) is 2.63. The Bertz CT molecular complexity index is 380. The van der Waals surface area contributed by atoms with E-state index in [4.69, 9.17) is 0 Å². The van der Waals surface area contributed by atoms with Crippen LogP contribution in [0.2, 0.25) is 0 Å². The molecule has 132 valence electrons. The Morgan fingerprint density at radius 2 is 1.83 bits per heavy atom. The van der Waals surface area contributed by atoms with Crippen LogP contribution in [-0.2, 0) is 4.79 Å². The molecular weight excluding hydrogens is 288 g/mol. The van der Waals surface area contributed by atoms with E-state index in [0.29, 0.717) is 0 Å². The lowest BCUT2D eigenvalue weighted by Gasteiger charge is -2.50. The van der Waals surface area contributed by atoms with E-state index < -0.39 is 0 Å². The Balaban J connectivity index is 1.60. The Morgan fingerprint density at radius 3 is 2.48 bits per heavy atom. The molecule has 0 bridgehead atoms. The third-order valence-electron chi connectivity index (χ3n) is 6.16. The van der Waals surface area contributed by atoms with Gasteiger partial charge in [-0.2, -0.15) is 0 Å². The van der Waals surface area contributed by atoms with Crippen molar-refractivity contribution in [2.75, 3.05) is 46.3 Å². The molecule has 3 aliphatic heterocycles. The normalized spacial score (nSPS) is 30.0. The Labute approximate surface area is 141 Å². The van der Waals surface area contributed by atoms with Crippen LogP contribution in [0.15, 0.2) is 0 Å². The molecule has 5 nitrogen and oxygen atoms in total. The van der Waals surface area contributed by atoms with Crippen LogP contribution in [0.5, 0.6) is 0 Å². The predicted molar refractivity (Wildman–Crippen MR) is 93.5 cm³/mol. The number of rotatable bonds is 4. The van der Waals surface area contributed by atoms with Gasteiger partial charge in [0.2, 0.25) is 5.91 Å². The van der Waals surface area contributed by atoms with E-state index in [1.807, 2.05) is 0 Å². The van der Waals surface area contributed by atoms with E-state index in [9.17, 15) is 4.79 Å². The highest BCUT2D eigenvalue weighted by molar-refractivity contribution is 5.81. The van der Waals surface area contributed by atoms with Crippen molar-refractivity contribution in [3.8, 4) is 0 Å². The lowest BCUT2D eigenvalue weighted by Crippen LogP contribution is -2.62. The SMILES string of the molecule is CN1CCC(CNC(=O)[C@H]2CCCCN2)(N2CCCCC2)CC1. The number of hydrogen-bond acceptors (Lipinski definition) is 4. The number of carbonyl (C=O) groups is 1. The zero-order valence-electron chi connectivity index (χ0n) is 14.8. The molecule has 3 rings (SSSR count). The summed E-state index contributed by atoms with van der Waals surface area (Å²) in [6, 6.07) is 0.0356. The Hall–Kier alpha value is -0.650. The number of amides is 1. The number of hydrogen-bond donors (Lipinski definition) is 2. The maximum absolute atomic E-state index is 12.5. The highest BCUT2D eigenvalue weighted by Gasteiger charge is 2.40. The second-order valence-corrected chi connectivity index (χ2v) is 7.80. The number of piperidine rings is 3. The summed E-state index contributed by atoms with van der Waals surface area (Å²) in [5.74, 6) is 0.222. The van der Waals surface area contributed by atoms with Crippen LogP contribution in [0.4, 0.5) is 0 Å². The zero-order chi connectivity index (χ0) is 16.1. The van der Waals surface area contributed by atoms with E-state index in [2.05, 4.69) is 27.5 Å². The fourth-order valence-corrected chi connectivity index (χ4v) is 4.46. The number of likely N-dealkylation sites (tertiary alicyclic amines) is 2. The molecule has 3 heterocycles. The van der Waals surface area contributed by atoms with E-state index in [-0.39, 0.29) is 17.5 Å². The third kappa shape index (κ3) is 4.25. The molecule has 23 heavy (non-hydrogen) atoms. The van der Waals surface area contributed by atoms with Gasteiger partial charge in [0.15, 0.2) is 0 Å². The number of nitrogens with zero attached hydrogens (tertiary/aromatic N) is 2. The maximum atomic E-state index is 12.5. The van der Waals surface area contributed by atoms with Gasteiger partial charge < -0.3 is 15.5 Å². The monoisotopic (exact) mass is 322 g/mol. The predicted octanol–water partition coefficient (Wildman–Crippen LogP) is 1.20. The molecule has 0 radical (unpaired) electrons. The molecule has 0 spiro atoms. The highest BCUT2D eigenvalue weighted by atomic mass is 16.2. The van der Waals surface area contributed by atoms with Crippen LogP contribution in [-0.4, -0.2) is 73.6 Å². The average molecular weight is 322 g/mol. The van der Waals surface area contributed by atoms with Gasteiger partial charge in [0, 0.05) is 12.1 Å². The van der Waals surface area contributed by atoms with Crippen molar-refractivity contribution in [3.63, 3.8) is 0 Å². The zero-order valence-corrected chi connectivity index (χ0v) is 14.8. The molecule has 5 heteroatoms. The highest BCUT2D eigenvalue weighted by Crippen LogP contribution is 2.30. The lowest BCUT2D eigenvalue weighted by atomic mass is 9.84. The van der Waals surface area contributed by atoms with Gasteiger partial charge in [-0.1, -0.05) is 12.8 Å². The molecule has 3 fully saturated rings. The lowest BCUT2D eigenvalue weighted by molar-refractivity contribution is -0.124. The number of nitrogens with one attached hydrogen (secondary N) is 2. The van der Waals surface area contributed by atoms with Crippen molar-refractivity contribution in [1.82, 2.24) is 20.4 Å². The summed E-state index contributed by atoms with van der Waals surface area (Å²) in [5, 5.41) is 6.69. The molecule has 0 unspecified atom stereocenters. The van der Waals surface area contributed by atoms with Gasteiger partial charge in [0.25, 0.3) is 0 Å². The van der Waals surface area contributed by atoms with Crippen molar-refractivity contribution < 1.29 is 4.79 Å². The van der Waals surface area contributed by atoms with Crippen LogP contribution in [0.3, 0.4) is 0 Å². The molecule has 3 aliphatic rings. The van der Waals surface area contributed by atoms with Crippen LogP contribution >= 0.6 is 0 Å². The van der Waals surface area contributed by atoms with E-state index in [1.165, 1.54) is 58.0 Å². The molecule has 3 saturated heterocycles. The van der Waals surface area contributed by atoms with Gasteiger partial charge in [-0.3, -0.25) is 9.69 Å². The minimum Gasteiger partial charge on any atom is -0.353 e. The third-order valence-corrected chi connectivity index (χ3v) is 6.16. The van der Waals surface area contributed by atoms with Crippen molar-refractivity contribution in [2.45, 2.75) is 62.9 Å². The van der Waals surface area contributed by atoms with Crippen molar-refractivity contribution in [3.05, 3.63) is 0 Å². The summed E-state index contributed by atoms with van der Waals surface area (Å²) in [6.45, 7) is 6.53. The molecule has 1 amide bonds. The van der Waals surface area contributed by atoms with E-state index in [1.54, 1.807) is 0 Å². The molecule has 0 aliphatic carbocycles. The van der Waals surface area contributed by atoms with Crippen LogP contribution in [0.25, 0.3) is 0 Å². The molecule has 0 saturated carbocycles. The summed E-state index contributed by atoms with van der Waals surface area (Å²) in [5.41, 5.74) is 0.192. The largest absolute Gasteiger partial charge is 0.353 e. The molecule has 0 aromatic carbocycles. The molecular formula is C18H34N4O. The first-order valence-electron chi connectivity index (χ1n) is 9.64. The van der Waals surface area contributed by atoms with Crippen molar-refractivity contribution >= 4 is 5.91 Å². The van der Waals surface area contributed by atoms with E-state index in [0.717, 1.165) is 32.6 Å². The summed E-state index contributed by atoms with van der Waals surface area (Å²) in [6.07, 6.45) is 9.73. The quantitative estimate of drug-likeness (QED) is 0.816. The standard InChI is InChI=1S/C18H34N4O/c1-21-13-8-18(9-14-21,22-11-5-2-6-12-22)15-20-17(23)16-7-3-4-10-19-16/h16,19H,2-15H2,1H3,(H,20,23)/t16-/m1/s1. The van der Waals surface area contributed by atoms with Gasteiger partial charge in [0.1, 0.15) is 0 Å². The van der Waals surface area contributed by atoms with Crippen LogP contribution < -0.4 is 10.6 Å². The fraction of sp³-hybridized carbons (Fsp3) is 0.944. The summed E-state index contributed by atoms with van der Waals surface area (Å²) < 4.78 is 0. The Morgan fingerprint density at radius 1 is 1.09 bits per heavy atom. The Kier molecular flexibility index (Phi) is 5.94. The number of carbonyl (C=O) groups excluding carboxylic acids is 1. The first kappa shape index (κ1) is 17.2. The van der Waals surface area contributed by atoms with Crippen LogP contribution in [0.1, 0.15) is 51.4 Å². The van der Waals surface area contributed by atoms with Gasteiger partial charge in [-0.15, -0.1) is 0 Å². The topological polar surface area (TPSA) is 47.6 Å². The van der Waals surface area contributed by atoms with Crippen molar-refractivity contribution in [2.24, 2.45) is 0 Å². The van der Waals surface area contributed by atoms with E-state index >= 15 is 0 Å². The van der Waals surface area contributed by atoms with Gasteiger partial charge in [-0.05, 0) is 78.3 Å². The second kappa shape index (κ2) is 7.95. The van der Waals surface area contributed by atoms with Crippen molar-refractivity contribution in [1.29, 1.82) is 0 Å². The van der Waals surface area contributed by atoms with Gasteiger partial charge in [0.05, 0.1) is 6.04 Å². The summed E-state index contributed by atoms with van der Waals surface area (Å²) in [4.78, 5) is 17.6. The van der Waals surface area contributed by atoms with Gasteiger partial charge in [-0.25, -0.2) is 0 Å². The fourth-order valence-electron chi connectivity index (χ4n) is 4.46. The van der Waals surface area contributed by atoms with Gasteiger partial charge >= 0.3 is 0 Å². The second-order valence-electron chi connectivity index (χ2n) is 7.80. The molecule has 1 atom stereocenters. The smallest absolute Gasteiger partial charge is 0.237 e. The minimum atomic E-state index is 0.0356. The minimum absolute atomic E-state index is 0.0356. The summed E-state index contributed by atoms with van der Waals surface area (Å²) in [7, 11) is 2.21. The van der Waals surface area contributed by atoms with Crippen LogP contribution in [0, 0.1) is 0 Å². The maximum Gasteiger partial charge on any atom is 0.237 e. The summed E-state index contributed by atoms with van der Waals surface area (Å²) >= 11 is 0. The first-order chi connectivity index (χ1) is 11.2. The molecule has 0 aromatic heterocycles. The first-order valence-corrected chi connectivity index (χ1v) is 9.64. The molecule has 2 N–H and O–H groups in total. The molecule has 0 aromatic rings.